The topological polar surface area (TPSA) is 59.0 Å². The van der Waals surface area contributed by atoms with Gasteiger partial charge >= 0.3 is 6.18 Å². The van der Waals surface area contributed by atoms with Crippen LogP contribution in [0, 0.1) is 12.5 Å². The quantitative estimate of drug-likeness (QED) is 0.544. The minimum Gasteiger partial charge on any atom is -0.508 e. The Balaban J connectivity index is 1.64. The van der Waals surface area contributed by atoms with Crippen LogP contribution in [-0.2, 0) is 6.18 Å². The van der Waals surface area contributed by atoms with Gasteiger partial charge in [-0.1, -0.05) is 18.6 Å². The van der Waals surface area contributed by atoms with E-state index in [0.717, 1.165) is 11.6 Å². The number of halogens is 3. The number of nitrogens with one attached hydrogen (secondary N) is 1. The molecule has 2 heterocycles. The van der Waals surface area contributed by atoms with E-state index in [9.17, 15) is 23.1 Å². The van der Waals surface area contributed by atoms with Gasteiger partial charge in [0.05, 0.1) is 18.3 Å². The molecule has 2 atom stereocenters. The standard InChI is InChI=1S/C24H23F3N4O2/c1-2-29-10-4-11-31(23(29)17-5-3-6-20(33)13-17)22-15-30(12-9-28-22)19-8-7-18(16-32)21(14-19)24(25,26)27/h1,3-8,11,13-14,16,22-23,28,33H,9-10,12,15H2. The Kier molecular flexibility index (Phi) is 6.20. The number of carbonyl (C=O) groups is 1. The molecule has 33 heavy (non-hydrogen) atoms. The van der Waals surface area contributed by atoms with Gasteiger partial charge in [0.1, 0.15) is 11.9 Å². The van der Waals surface area contributed by atoms with Crippen LogP contribution in [-0.4, -0.2) is 53.5 Å². The summed E-state index contributed by atoms with van der Waals surface area (Å²) >= 11 is 0. The second-order valence-electron chi connectivity index (χ2n) is 7.89. The van der Waals surface area contributed by atoms with Gasteiger partial charge in [-0.2, -0.15) is 13.2 Å². The summed E-state index contributed by atoms with van der Waals surface area (Å²) in [6.07, 6.45) is 4.55. The molecule has 0 radical (unpaired) electrons. The number of phenols is 1. The van der Waals surface area contributed by atoms with Crippen LogP contribution >= 0.6 is 0 Å². The molecule has 2 aliphatic heterocycles. The molecule has 6 nitrogen and oxygen atoms in total. The van der Waals surface area contributed by atoms with Crippen molar-refractivity contribution in [3.05, 3.63) is 71.4 Å². The number of rotatable bonds is 4. The zero-order chi connectivity index (χ0) is 23.6. The smallest absolute Gasteiger partial charge is 0.417 e. The molecule has 1 saturated heterocycles. The Morgan fingerprint density at radius 3 is 2.73 bits per heavy atom. The number of alkyl halides is 3. The average Bonchev–Trinajstić information content (AvgIpc) is 2.82. The highest BCUT2D eigenvalue weighted by Crippen LogP contribution is 2.35. The largest absolute Gasteiger partial charge is 0.508 e. The molecule has 0 saturated carbocycles. The summed E-state index contributed by atoms with van der Waals surface area (Å²) in [5.74, 6) is 0.118. The molecule has 2 aromatic rings. The van der Waals surface area contributed by atoms with Crippen molar-refractivity contribution in [3.8, 4) is 18.2 Å². The molecule has 172 valence electrons. The minimum absolute atomic E-state index is 0.118. The molecule has 0 aromatic heterocycles. The van der Waals surface area contributed by atoms with E-state index in [-0.39, 0.29) is 29.9 Å². The first-order valence-electron chi connectivity index (χ1n) is 10.4. The fourth-order valence-electron chi connectivity index (χ4n) is 4.31. The monoisotopic (exact) mass is 456 g/mol. The van der Waals surface area contributed by atoms with E-state index in [4.69, 9.17) is 6.42 Å². The summed E-state index contributed by atoms with van der Waals surface area (Å²) in [5, 5.41) is 13.4. The number of carbonyl (C=O) groups excluding carboxylic acids is 1. The third-order valence-corrected chi connectivity index (χ3v) is 5.84. The second-order valence-corrected chi connectivity index (χ2v) is 7.89. The van der Waals surface area contributed by atoms with Crippen LogP contribution in [0.25, 0.3) is 0 Å². The molecule has 1 fully saturated rings. The molecule has 2 N–H and O–H groups in total. The molecule has 0 bridgehead atoms. The molecular formula is C24H23F3N4O2. The molecule has 2 unspecified atom stereocenters. The van der Waals surface area contributed by atoms with Gasteiger partial charge < -0.3 is 19.8 Å². The van der Waals surface area contributed by atoms with Gasteiger partial charge in [0.25, 0.3) is 0 Å². The van der Waals surface area contributed by atoms with E-state index >= 15 is 0 Å². The molecule has 4 rings (SSSR count). The molecule has 0 spiro atoms. The first kappa shape index (κ1) is 22.6. The van der Waals surface area contributed by atoms with E-state index in [1.54, 1.807) is 23.1 Å². The highest BCUT2D eigenvalue weighted by atomic mass is 19.4. The van der Waals surface area contributed by atoms with Crippen LogP contribution in [0.15, 0.2) is 54.7 Å². The van der Waals surface area contributed by atoms with Crippen molar-refractivity contribution in [1.29, 1.82) is 0 Å². The Morgan fingerprint density at radius 1 is 1.21 bits per heavy atom. The number of nitrogens with zero attached hydrogens (tertiary/aromatic N) is 3. The number of aromatic hydroxyl groups is 1. The number of phenolic OH excluding ortho intramolecular Hbond substituents is 1. The first-order valence-corrected chi connectivity index (χ1v) is 10.4. The SMILES string of the molecule is C#CN1CC=CN(C2CN(c3ccc(C=O)c(C(F)(F)F)c3)CCN2)C1c1cccc(O)c1. The van der Waals surface area contributed by atoms with Gasteiger partial charge in [-0.15, -0.1) is 0 Å². The van der Waals surface area contributed by atoms with Crippen molar-refractivity contribution in [1.82, 2.24) is 15.1 Å². The lowest BCUT2D eigenvalue weighted by atomic mass is 10.1. The first-order chi connectivity index (χ1) is 15.8. The Labute approximate surface area is 189 Å². The van der Waals surface area contributed by atoms with Gasteiger partial charge in [-0.05, 0) is 42.0 Å². The lowest BCUT2D eigenvalue weighted by Crippen LogP contribution is -2.60. The van der Waals surface area contributed by atoms with Gasteiger partial charge in [-0.25, -0.2) is 0 Å². The highest BCUT2D eigenvalue weighted by molar-refractivity contribution is 5.79. The Morgan fingerprint density at radius 2 is 2.03 bits per heavy atom. The van der Waals surface area contributed by atoms with Crippen LogP contribution in [0.4, 0.5) is 18.9 Å². The fourth-order valence-corrected chi connectivity index (χ4v) is 4.31. The van der Waals surface area contributed by atoms with E-state index in [0.29, 0.717) is 31.9 Å². The van der Waals surface area contributed by atoms with Crippen LogP contribution in [0.5, 0.6) is 5.75 Å². The number of hydrogen-bond acceptors (Lipinski definition) is 6. The number of benzene rings is 2. The molecule has 2 aliphatic rings. The number of terminal acetylenes is 1. The Hall–Kier alpha value is -3.64. The average molecular weight is 456 g/mol. The van der Waals surface area contributed by atoms with Crippen molar-refractivity contribution in [2.75, 3.05) is 31.1 Å². The number of piperazine rings is 1. The van der Waals surface area contributed by atoms with E-state index < -0.39 is 11.7 Å². The third-order valence-electron chi connectivity index (χ3n) is 5.84. The number of aldehydes is 1. The maximum Gasteiger partial charge on any atom is 0.417 e. The molecule has 2 aromatic carbocycles. The maximum absolute atomic E-state index is 13.5. The summed E-state index contributed by atoms with van der Waals surface area (Å²) in [6.45, 7) is 1.94. The zero-order valence-electron chi connectivity index (χ0n) is 17.7. The van der Waals surface area contributed by atoms with Crippen molar-refractivity contribution in [2.24, 2.45) is 0 Å². The summed E-state index contributed by atoms with van der Waals surface area (Å²) < 4.78 is 40.4. The van der Waals surface area contributed by atoms with Gasteiger partial charge in [0.15, 0.2) is 6.29 Å². The lowest BCUT2D eigenvalue weighted by Gasteiger charge is -2.47. The maximum atomic E-state index is 13.5. The lowest BCUT2D eigenvalue weighted by molar-refractivity contribution is -0.137. The predicted molar refractivity (Wildman–Crippen MR) is 118 cm³/mol. The minimum atomic E-state index is -4.62. The summed E-state index contributed by atoms with van der Waals surface area (Å²) in [7, 11) is 0. The van der Waals surface area contributed by atoms with Crippen molar-refractivity contribution in [2.45, 2.75) is 18.5 Å². The predicted octanol–water partition coefficient (Wildman–Crippen LogP) is 3.38. The van der Waals surface area contributed by atoms with E-state index in [1.807, 2.05) is 28.1 Å². The summed E-state index contributed by atoms with van der Waals surface area (Å²) in [6, 6.07) is 13.3. The molecule has 0 amide bonds. The Bertz CT molecular complexity index is 1100. The van der Waals surface area contributed by atoms with Crippen LogP contribution in [0.2, 0.25) is 0 Å². The zero-order valence-corrected chi connectivity index (χ0v) is 17.7. The third kappa shape index (κ3) is 4.61. The molecule has 0 aliphatic carbocycles. The van der Waals surface area contributed by atoms with Crippen LogP contribution in [0.1, 0.15) is 27.7 Å². The summed E-state index contributed by atoms with van der Waals surface area (Å²) in [5.41, 5.74) is -0.140. The van der Waals surface area contributed by atoms with Gasteiger partial charge in [0.2, 0.25) is 0 Å². The van der Waals surface area contributed by atoms with Crippen molar-refractivity contribution < 1.29 is 23.1 Å². The molecule has 9 heteroatoms. The van der Waals surface area contributed by atoms with Gasteiger partial charge in [-0.3, -0.25) is 10.1 Å². The summed E-state index contributed by atoms with van der Waals surface area (Å²) in [4.78, 5) is 16.7. The number of anilines is 1. The second kappa shape index (κ2) is 9.08. The highest BCUT2D eigenvalue weighted by Gasteiger charge is 2.36. The van der Waals surface area contributed by atoms with Crippen LogP contribution in [0.3, 0.4) is 0 Å². The van der Waals surface area contributed by atoms with Crippen molar-refractivity contribution >= 4 is 12.0 Å². The van der Waals surface area contributed by atoms with Crippen molar-refractivity contribution in [3.63, 3.8) is 0 Å². The normalized spacial score (nSPS) is 21.1. The van der Waals surface area contributed by atoms with E-state index in [1.165, 1.54) is 12.1 Å². The van der Waals surface area contributed by atoms with Gasteiger partial charge in [0, 0.05) is 43.1 Å². The van der Waals surface area contributed by atoms with E-state index in [2.05, 4.69) is 11.4 Å². The fraction of sp³-hybridized carbons (Fsp3) is 0.292. The molecular weight excluding hydrogens is 433 g/mol. The van der Waals surface area contributed by atoms with Crippen LogP contribution < -0.4 is 10.2 Å². The number of hydrogen-bond donors (Lipinski definition) is 2.